The zero-order valence-corrected chi connectivity index (χ0v) is 19.3. The van der Waals surface area contributed by atoms with Crippen LogP contribution in [0.25, 0.3) is 5.69 Å². The van der Waals surface area contributed by atoms with E-state index in [0.29, 0.717) is 17.3 Å². The van der Waals surface area contributed by atoms with Gasteiger partial charge in [-0.3, -0.25) is 9.36 Å². The predicted octanol–water partition coefficient (Wildman–Crippen LogP) is 4.87. The van der Waals surface area contributed by atoms with Crippen LogP contribution >= 0.6 is 23.1 Å². The minimum absolute atomic E-state index is 0.203. The Labute approximate surface area is 189 Å². The summed E-state index contributed by atoms with van der Waals surface area (Å²) in [6.07, 6.45) is 3.77. The van der Waals surface area contributed by atoms with Crippen molar-refractivity contribution in [2.24, 2.45) is 0 Å². The molecule has 0 saturated carbocycles. The molecule has 0 spiro atoms. The summed E-state index contributed by atoms with van der Waals surface area (Å²) in [5.41, 5.74) is 5.76. The van der Waals surface area contributed by atoms with Crippen LogP contribution in [0.1, 0.15) is 37.1 Å². The number of amides is 1. The minimum atomic E-state index is -0.203. The quantitative estimate of drug-likeness (QED) is 0.408. The SMILES string of the molecule is Cc1ccc(CNC(=O)c2nnc(CSc3nccn3-c3cc(C)ccc3C)s2)cc1. The average Bonchev–Trinajstić information content (AvgIpc) is 3.43. The average molecular weight is 450 g/mol. The van der Waals surface area contributed by atoms with Crippen LogP contribution in [-0.2, 0) is 12.3 Å². The Morgan fingerprint density at radius 2 is 1.84 bits per heavy atom. The maximum absolute atomic E-state index is 12.4. The van der Waals surface area contributed by atoms with E-state index in [0.717, 1.165) is 21.4 Å². The van der Waals surface area contributed by atoms with E-state index in [4.69, 9.17) is 0 Å². The van der Waals surface area contributed by atoms with Crippen LogP contribution in [0.2, 0.25) is 0 Å². The second-order valence-corrected chi connectivity index (χ2v) is 9.33. The zero-order valence-electron chi connectivity index (χ0n) is 17.6. The van der Waals surface area contributed by atoms with Gasteiger partial charge in [-0.25, -0.2) is 4.98 Å². The summed E-state index contributed by atoms with van der Waals surface area (Å²) in [5.74, 6) is 0.399. The molecule has 0 aliphatic rings. The lowest BCUT2D eigenvalue weighted by Crippen LogP contribution is -2.22. The van der Waals surface area contributed by atoms with Crippen LogP contribution in [0.4, 0.5) is 0 Å². The van der Waals surface area contributed by atoms with E-state index in [9.17, 15) is 4.79 Å². The standard InChI is InChI=1S/C23H23N5OS2/c1-15-5-8-18(9-6-15)13-25-21(29)22-27-26-20(31-22)14-30-23-24-10-11-28(23)19-12-16(2)4-7-17(19)3/h4-12H,13-14H2,1-3H3,(H,25,29). The molecule has 0 aliphatic heterocycles. The molecule has 2 heterocycles. The number of benzene rings is 2. The van der Waals surface area contributed by atoms with E-state index in [1.807, 2.05) is 37.4 Å². The Morgan fingerprint density at radius 3 is 2.65 bits per heavy atom. The highest BCUT2D eigenvalue weighted by Crippen LogP contribution is 2.27. The van der Waals surface area contributed by atoms with Crippen LogP contribution < -0.4 is 5.32 Å². The summed E-state index contributed by atoms with van der Waals surface area (Å²) in [5, 5.41) is 13.2. The monoisotopic (exact) mass is 449 g/mol. The third-order valence-corrected chi connectivity index (χ3v) is 6.87. The van der Waals surface area contributed by atoms with Crippen LogP contribution in [0.3, 0.4) is 0 Å². The Balaban J connectivity index is 1.38. The fraction of sp³-hybridized carbons (Fsp3) is 0.217. The highest BCUT2D eigenvalue weighted by atomic mass is 32.2. The number of imidazole rings is 1. The molecule has 0 bridgehead atoms. The summed E-state index contributed by atoms with van der Waals surface area (Å²) < 4.78 is 2.09. The maximum Gasteiger partial charge on any atom is 0.282 e. The lowest BCUT2D eigenvalue weighted by Gasteiger charge is -2.11. The predicted molar refractivity (Wildman–Crippen MR) is 125 cm³/mol. The van der Waals surface area contributed by atoms with Crippen molar-refractivity contribution >= 4 is 29.0 Å². The van der Waals surface area contributed by atoms with Gasteiger partial charge in [-0.05, 0) is 43.5 Å². The molecular formula is C23H23N5OS2. The first-order chi connectivity index (χ1) is 15.0. The van der Waals surface area contributed by atoms with Gasteiger partial charge in [0.05, 0.1) is 11.4 Å². The summed E-state index contributed by atoms with van der Waals surface area (Å²) >= 11 is 2.90. The fourth-order valence-electron chi connectivity index (χ4n) is 3.05. The van der Waals surface area contributed by atoms with Crippen molar-refractivity contribution in [3.63, 3.8) is 0 Å². The van der Waals surface area contributed by atoms with Crippen molar-refractivity contribution in [1.29, 1.82) is 0 Å². The molecule has 0 atom stereocenters. The fourth-order valence-corrected chi connectivity index (χ4v) is 4.76. The third kappa shape index (κ3) is 5.21. The Morgan fingerprint density at radius 1 is 1.06 bits per heavy atom. The molecule has 2 aromatic heterocycles. The summed E-state index contributed by atoms with van der Waals surface area (Å²) in [4.78, 5) is 16.9. The smallest absolute Gasteiger partial charge is 0.282 e. The van der Waals surface area contributed by atoms with Gasteiger partial charge in [0, 0.05) is 18.9 Å². The Hall–Kier alpha value is -2.97. The third-order valence-electron chi connectivity index (χ3n) is 4.79. The van der Waals surface area contributed by atoms with Crippen LogP contribution in [0, 0.1) is 20.8 Å². The van der Waals surface area contributed by atoms with Crippen LogP contribution in [-0.4, -0.2) is 25.7 Å². The molecular weight excluding hydrogens is 426 g/mol. The number of aryl methyl sites for hydroxylation is 3. The van der Waals surface area contributed by atoms with Gasteiger partial charge in [-0.15, -0.1) is 10.2 Å². The molecule has 2 aromatic carbocycles. The summed E-state index contributed by atoms with van der Waals surface area (Å²) in [6, 6.07) is 14.5. The van der Waals surface area contributed by atoms with Gasteiger partial charge in [0.15, 0.2) is 5.16 Å². The first-order valence-electron chi connectivity index (χ1n) is 9.89. The molecule has 6 nitrogen and oxygen atoms in total. The van der Waals surface area contributed by atoms with Crippen molar-refractivity contribution in [2.45, 2.75) is 38.2 Å². The molecule has 8 heteroatoms. The summed E-state index contributed by atoms with van der Waals surface area (Å²) in [6.45, 7) is 6.68. The topological polar surface area (TPSA) is 72.7 Å². The van der Waals surface area contributed by atoms with E-state index in [1.165, 1.54) is 28.0 Å². The van der Waals surface area contributed by atoms with Gasteiger partial charge in [-0.2, -0.15) is 0 Å². The molecule has 0 radical (unpaired) electrons. The number of rotatable bonds is 7. The lowest BCUT2D eigenvalue weighted by molar-refractivity contribution is 0.0950. The van der Waals surface area contributed by atoms with E-state index in [-0.39, 0.29) is 5.91 Å². The number of aromatic nitrogens is 4. The number of nitrogens with zero attached hydrogens (tertiary/aromatic N) is 4. The number of nitrogens with one attached hydrogen (secondary N) is 1. The van der Waals surface area contributed by atoms with Gasteiger partial charge in [-0.1, -0.05) is 65.1 Å². The van der Waals surface area contributed by atoms with Gasteiger partial charge < -0.3 is 5.32 Å². The van der Waals surface area contributed by atoms with Gasteiger partial charge in [0.25, 0.3) is 5.91 Å². The molecule has 0 fully saturated rings. The van der Waals surface area contributed by atoms with E-state index < -0.39 is 0 Å². The zero-order chi connectivity index (χ0) is 21.8. The van der Waals surface area contributed by atoms with Crippen LogP contribution in [0.15, 0.2) is 60.0 Å². The van der Waals surface area contributed by atoms with Gasteiger partial charge in [0.1, 0.15) is 5.01 Å². The van der Waals surface area contributed by atoms with Crippen LogP contribution in [0.5, 0.6) is 0 Å². The normalized spacial score (nSPS) is 10.9. The molecule has 0 saturated heterocycles. The van der Waals surface area contributed by atoms with Crippen molar-refractivity contribution in [2.75, 3.05) is 0 Å². The first-order valence-corrected chi connectivity index (χ1v) is 11.7. The van der Waals surface area contributed by atoms with Gasteiger partial charge in [0.2, 0.25) is 5.01 Å². The second-order valence-electron chi connectivity index (χ2n) is 7.33. The van der Waals surface area contributed by atoms with Crippen molar-refractivity contribution in [1.82, 2.24) is 25.1 Å². The molecule has 158 valence electrons. The lowest BCUT2D eigenvalue weighted by atomic mass is 10.1. The minimum Gasteiger partial charge on any atom is -0.346 e. The molecule has 0 unspecified atom stereocenters. The number of hydrogen-bond donors (Lipinski definition) is 1. The molecule has 1 amide bonds. The van der Waals surface area contributed by atoms with E-state index in [1.54, 1.807) is 18.0 Å². The Bertz CT molecular complexity index is 1200. The van der Waals surface area contributed by atoms with Crippen molar-refractivity contribution in [3.8, 4) is 5.69 Å². The highest BCUT2D eigenvalue weighted by Gasteiger charge is 2.14. The molecule has 4 aromatic rings. The van der Waals surface area contributed by atoms with Crippen molar-refractivity contribution < 1.29 is 4.79 Å². The number of carbonyl (C=O) groups excluding carboxylic acids is 1. The highest BCUT2D eigenvalue weighted by molar-refractivity contribution is 7.98. The van der Waals surface area contributed by atoms with E-state index >= 15 is 0 Å². The second kappa shape index (κ2) is 9.45. The molecule has 0 aliphatic carbocycles. The largest absolute Gasteiger partial charge is 0.346 e. The summed E-state index contributed by atoms with van der Waals surface area (Å²) in [7, 11) is 0. The number of thioether (sulfide) groups is 1. The maximum atomic E-state index is 12.4. The number of carbonyl (C=O) groups is 1. The molecule has 4 rings (SSSR count). The molecule has 31 heavy (non-hydrogen) atoms. The van der Waals surface area contributed by atoms with Gasteiger partial charge >= 0.3 is 0 Å². The first kappa shape index (κ1) is 21.3. The Kier molecular flexibility index (Phi) is 6.48. The van der Waals surface area contributed by atoms with E-state index in [2.05, 4.69) is 57.1 Å². The van der Waals surface area contributed by atoms with Crippen molar-refractivity contribution in [3.05, 3.63) is 87.1 Å². The number of hydrogen-bond acceptors (Lipinski definition) is 6. The molecule has 1 N–H and O–H groups in total.